The second kappa shape index (κ2) is 4.34. The normalized spacial score (nSPS) is 15.9. The smallest absolute Gasteiger partial charge is 0.234 e. The summed E-state index contributed by atoms with van der Waals surface area (Å²) >= 11 is 0. The Morgan fingerprint density at radius 1 is 1.30 bits per heavy atom. The van der Waals surface area contributed by atoms with E-state index in [4.69, 9.17) is 5.73 Å². The van der Waals surface area contributed by atoms with Crippen LogP contribution < -0.4 is 11.1 Å². The summed E-state index contributed by atoms with van der Waals surface area (Å²) in [6, 6.07) is 3.86. The van der Waals surface area contributed by atoms with Crippen LogP contribution in [0.5, 0.6) is 0 Å². The number of aryl methyl sites for hydroxylation is 1. The van der Waals surface area contributed by atoms with E-state index in [1.54, 1.807) is 0 Å². The summed E-state index contributed by atoms with van der Waals surface area (Å²) in [6.07, 6.45) is 0.785. The molecule has 7 heteroatoms. The number of aromatic amines is 2. The molecule has 1 amide bonds. The van der Waals surface area contributed by atoms with Crippen LogP contribution in [0.3, 0.4) is 0 Å². The molecule has 0 bridgehead atoms. The fraction of sp³-hybridized carbons (Fsp3) is 0.312. The largest absolute Gasteiger partial charge is 0.395 e. The molecule has 0 radical (unpaired) electrons. The quantitative estimate of drug-likeness (QED) is 0.582. The van der Waals surface area contributed by atoms with Gasteiger partial charge < -0.3 is 16.0 Å². The number of H-pyrrole nitrogens is 2. The van der Waals surface area contributed by atoms with E-state index >= 15 is 0 Å². The highest BCUT2D eigenvalue weighted by Gasteiger charge is 2.38. The maximum atomic E-state index is 12.1. The van der Waals surface area contributed by atoms with Crippen molar-refractivity contribution in [2.45, 2.75) is 32.6 Å². The zero-order valence-corrected chi connectivity index (χ0v) is 13.2. The highest BCUT2D eigenvalue weighted by atomic mass is 16.2. The van der Waals surface area contributed by atoms with Gasteiger partial charge in [0.25, 0.3) is 0 Å². The molecule has 1 aliphatic rings. The molecule has 2 aromatic heterocycles. The Morgan fingerprint density at radius 2 is 2.09 bits per heavy atom. The van der Waals surface area contributed by atoms with Crippen LogP contribution in [0.4, 0.5) is 11.4 Å². The Morgan fingerprint density at radius 3 is 2.78 bits per heavy atom. The highest BCUT2D eigenvalue weighted by Crippen LogP contribution is 2.39. The maximum absolute atomic E-state index is 12.1. The van der Waals surface area contributed by atoms with E-state index in [1.807, 2.05) is 32.9 Å². The van der Waals surface area contributed by atoms with E-state index in [1.165, 1.54) is 0 Å². The van der Waals surface area contributed by atoms with Crippen molar-refractivity contribution in [1.82, 2.24) is 20.2 Å². The molecule has 0 unspecified atom stereocenters. The molecule has 0 spiro atoms. The van der Waals surface area contributed by atoms with Crippen LogP contribution in [0.1, 0.15) is 32.0 Å². The Labute approximate surface area is 132 Å². The van der Waals surface area contributed by atoms with Gasteiger partial charge in [-0.1, -0.05) is 6.92 Å². The van der Waals surface area contributed by atoms with Gasteiger partial charge in [0.15, 0.2) is 11.5 Å². The van der Waals surface area contributed by atoms with Gasteiger partial charge in [-0.3, -0.25) is 9.89 Å². The summed E-state index contributed by atoms with van der Waals surface area (Å²) in [5.41, 5.74) is 11.1. The van der Waals surface area contributed by atoms with E-state index in [9.17, 15) is 4.79 Å². The number of nitrogen functional groups attached to an aromatic ring is 1. The lowest BCUT2D eigenvalue weighted by atomic mass is 9.86. The van der Waals surface area contributed by atoms with Gasteiger partial charge in [0.2, 0.25) is 5.91 Å². The van der Waals surface area contributed by atoms with E-state index in [0.717, 1.165) is 34.4 Å². The molecule has 3 aromatic rings. The van der Waals surface area contributed by atoms with Crippen molar-refractivity contribution < 1.29 is 4.79 Å². The molecule has 118 valence electrons. The van der Waals surface area contributed by atoms with Gasteiger partial charge in [0.1, 0.15) is 0 Å². The number of carbonyl (C=O) groups is 1. The zero-order chi connectivity index (χ0) is 16.4. The van der Waals surface area contributed by atoms with Gasteiger partial charge in [0.05, 0.1) is 27.8 Å². The highest BCUT2D eigenvalue weighted by molar-refractivity contribution is 6.07. The molecule has 3 heterocycles. The Bertz CT molecular complexity index is 949. The molecule has 1 aromatic carbocycles. The number of aromatic nitrogens is 4. The lowest BCUT2D eigenvalue weighted by molar-refractivity contribution is -0.119. The molecule has 1 aliphatic heterocycles. The molecule has 5 N–H and O–H groups in total. The molecule has 0 atom stereocenters. The first-order chi connectivity index (χ1) is 10.9. The number of imidazole rings is 1. The molecular weight excluding hydrogens is 292 g/mol. The number of anilines is 2. The third-order valence-electron chi connectivity index (χ3n) is 4.57. The zero-order valence-electron chi connectivity index (χ0n) is 13.2. The SMILES string of the molecule is CCc1[nH]nc(-c2nc3cc4c(cc3[nH]2)C(C)(C)C(=O)N4)c1N. The number of amides is 1. The first kappa shape index (κ1) is 13.8. The number of carbonyl (C=O) groups excluding carboxylic acids is 1. The minimum Gasteiger partial charge on any atom is -0.395 e. The summed E-state index contributed by atoms with van der Waals surface area (Å²) in [5, 5.41) is 10.1. The molecule has 0 fully saturated rings. The van der Waals surface area contributed by atoms with Gasteiger partial charge in [-0.15, -0.1) is 0 Å². The Hall–Kier alpha value is -2.83. The maximum Gasteiger partial charge on any atom is 0.234 e. The number of hydrogen-bond acceptors (Lipinski definition) is 4. The predicted molar refractivity (Wildman–Crippen MR) is 89.1 cm³/mol. The second-order valence-corrected chi connectivity index (χ2v) is 6.40. The van der Waals surface area contributed by atoms with Crippen LogP contribution in [0.25, 0.3) is 22.6 Å². The molecular formula is C16H18N6O. The van der Waals surface area contributed by atoms with Gasteiger partial charge in [0, 0.05) is 5.69 Å². The average molecular weight is 310 g/mol. The Balaban J connectivity index is 1.87. The fourth-order valence-corrected chi connectivity index (χ4v) is 3.03. The number of fused-ring (bicyclic) bond motifs is 2. The lowest BCUT2D eigenvalue weighted by Gasteiger charge is -2.14. The first-order valence-corrected chi connectivity index (χ1v) is 7.60. The summed E-state index contributed by atoms with van der Waals surface area (Å²) in [6.45, 7) is 5.84. The van der Waals surface area contributed by atoms with Gasteiger partial charge >= 0.3 is 0 Å². The number of nitrogens with zero attached hydrogens (tertiary/aromatic N) is 2. The van der Waals surface area contributed by atoms with Crippen LogP contribution >= 0.6 is 0 Å². The van der Waals surface area contributed by atoms with Crippen LogP contribution in [0.2, 0.25) is 0 Å². The van der Waals surface area contributed by atoms with Crippen molar-refractivity contribution >= 4 is 28.3 Å². The van der Waals surface area contributed by atoms with Gasteiger partial charge in [-0.25, -0.2) is 4.98 Å². The van der Waals surface area contributed by atoms with Crippen molar-refractivity contribution in [1.29, 1.82) is 0 Å². The topological polar surface area (TPSA) is 112 Å². The molecule has 0 aliphatic carbocycles. The first-order valence-electron chi connectivity index (χ1n) is 7.60. The van der Waals surface area contributed by atoms with E-state index in [-0.39, 0.29) is 5.91 Å². The minimum atomic E-state index is -0.546. The number of benzene rings is 1. The van der Waals surface area contributed by atoms with E-state index in [2.05, 4.69) is 25.5 Å². The van der Waals surface area contributed by atoms with Gasteiger partial charge in [-0.2, -0.15) is 5.10 Å². The second-order valence-electron chi connectivity index (χ2n) is 6.40. The summed E-state index contributed by atoms with van der Waals surface area (Å²) in [4.78, 5) is 19.9. The minimum absolute atomic E-state index is 0.00418. The van der Waals surface area contributed by atoms with Crippen molar-refractivity contribution in [3.63, 3.8) is 0 Å². The van der Waals surface area contributed by atoms with E-state index in [0.29, 0.717) is 17.2 Å². The van der Waals surface area contributed by atoms with Crippen molar-refractivity contribution in [2.24, 2.45) is 0 Å². The molecule has 0 saturated carbocycles. The van der Waals surface area contributed by atoms with E-state index < -0.39 is 5.41 Å². The number of rotatable bonds is 2. The van der Waals surface area contributed by atoms with Crippen molar-refractivity contribution in [3.8, 4) is 11.5 Å². The summed E-state index contributed by atoms with van der Waals surface area (Å²) in [5.74, 6) is 0.630. The number of nitrogens with two attached hydrogens (primary N) is 1. The van der Waals surface area contributed by atoms with Gasteiger partial charge in [-0.05, 0) is 38.0 Å². The lowest BCUT2D eigenvalue weighted by Crippen LogP contribution is -2.26. The third kappa shape index (κ3) is 1.79. The van der Waals surface area contributed by atoms with Crippen LogP contribution in [-0.4, -0.2) is 26.1 Å². The average Bonchev–Trinajstić information content (AvgIpc) is 3.13. The van der Waals surface area contributed by atoms with Crippen LogP contribution in [0, 0.1) is 0 Å². The molecule has 4 rings (SSSR count). The monoisotopic (exact) mass is 310 g/mol. The standard InChI is InChI=1S/C16H18N6O/c1-4-8-12(17)13(22-21-8)14-18-10-5-7-9(6-11(10)19-14)20-15(23)16(7,2)3/h5-6H,4,17H2,1-3H3,(H,18,19)(H,20,23)(H,21,22). The third-order valence-corrected chi connectivity index (χ3v) is 4.57. The van der Waals surface area contributed by atoms with Crippen molar-refractivity contribution in [3.05, 3.63) is 23.4 Å². The number of nitrogens with one attached hydrogen (secondary N) is 3. The fourth-order valence-electron chi connectivity index (χ4n) is 3.03. The molecule has 7 nitrogen and oxygen atoms in total. The van der Waals surface area contributed by atoms with Crippen molar-refractivity contribution in [2.75, 3.05) is 11.1 Å². The molecule has 0 saturated heterocycles. The summed E-state index contributed by atoms with van der Waals surface area (Å²) < 4.78 is 0. The Kier molecular flexibility index (Phi) is 2.61. The van der Waals surface area contributed by atoms with Crippen LogP contribution in [-0.2, 0) is 16.6 Å². The number of hydrogen-bond donors (Lipinski definition) is 4. The predicted octanol–water partition coefficient (Wildman–Crippen LogP) is 2.33. The summed E-state index contributed by atoms with van der Waals surface area (Å²) in [7, 11) is 0. The molecule has 23 heavy (non-hydrogen) atoms. The van der Waals surface area contributed by atoms with Crippen LogP contribution in [0.15, 0.2) is 12.1 Å².